The Bertz CT molecular complexity index is 816. The van der Waals surface area contributed by atoms with Crippen molar-refractivity contribution in [1.29, 1.82) is 0 Å². The van der Waals surface area contributed by atoms with Crippen molar-refractivity contribution in [1.82, 2.24) is 20.0 Å². The number of hydrogen-bond acceptors (Lipinski definition) is 4. The number of rotatable bonds is 3. The van der Waals surface area contributed by atoms with Crippen LogP contribution in [0, 0.1) is 5.92 Å². The SMILES string of the molecule is O=C1CCN(C(=O)c2ccccc2)CCCC(C(=O)N2CCN(C3CCCCC3)CC2)CCN1. The van der Waals surface area contributed by atoms with Crippen molar-refractivity contribution >= 4 is 17.7 Å². The van der Waals surface area contributed by atoms with Gasteiger partial charge in [0, 0.05) is 69.8 Å². The van der Waals surface area contributed by atoms with Crippen LogP contribution in [0.4, 0.5) is 0 Å². The summed E-state index contributed by atoms with van der Waals surface area (Å²) >= 11 is 0. The molecule has 186 valence electrons. The summed E-state index contributed by atoms with van der Waals surface area (Å²) in [5.41, 5.74) is 0.640. The Labute approximate surface area is 203 Å². The van der Waals surface area contributed by atoms with Gasteiger partial charge in [-0.05, 0) is 44.2 Å². The molecule has 3 fully saturated rings. The van der Waals surface area contributed by atoms with Crippen LogP contribution >= 0.6 is 0 Å². The Hall–Kier alpha value is -2.41. The molecule has 1 aromatic carbocycles. The minimum atomic E-state index is -0.103. The molecule has 0 spiro atoms. The van der Waals surface area contributed by atoms with Gasteiger partial charge in [0.2, 0.25) is 11.8 Å². The molecule has 1 saturated carbocycles. The molecule has 0 aromatic heterocycles. The molecule has 0 radical (unpaired) electrons. The molecular weight excluding hydrogens is 428 g/mol. The molecule has 2 saturated heterocycles. The van der Waals surface area contributed by atoms with E-state index in [1.54, 1.807) is 4.90 Å². The monoisotopic (exact) mass is 468 g/mol. The van der Waals surface area contributed by atoms with Crippen molar-refractivity contribution in [2.45, 2.75) is 63.8 Å². The van der Waals surface area contributed by atoms with Crippen molar-refractivity contribution < 1.29 is 14.4 Å². The van der Waals surface area contributed by atoms with E-state index in [1.807, 2.05) is 35.2 Å². The molecule has 2 heterocycles. The van der Waals surface area contributed by atoms with E-state index in [-0.39, 0.29) is 23.6 Å². The van der Waals surface area contributed by atoms with E-state index < -0.39 is 0 Å². The highest BCUT2D eigenvalue weighted by atomic mass is 16.2. The lowest BCUT2D eigenvalue weighted by Crippen LogP contribution is -2.53. The molecule has 1 unspecified atom stereocenters. The second kappa shape index (κ2) is 12.3. The van der Waals surface area contributed by atoms with Crippen molar-refractivity contribution in [2.75, 3.05) is 45.8 Å². The maximum absolute atomic E-state index is 13.4. The molecule has 0 bridgehead atoms. The van der Waals surface area contributed by atoms with Crippen molar-refractivity contribution in [2.24, 2.45) is 5.92 Å². The van der Waals surface area contributed by atoms with Crippen molar-refractivity contribution in [3.05, 3.63) is 35.9 Å². The molecule has 1 aromatic rings. The lowest BCUT2D eigenvalue weighted by atomic mass is 9.93. The Kier molecular flexibility index (Phi) is 8.97. The highest BCUT2D eigenvalue weighted by Gasteiger charge is 2.30. The molecule has 4 rings (SSSR count). The molecule has 3 aliphatic rings. The van der Waals surface area contributed by atoms with E-state index in [9.17, 15) is 14.4 Å². The van der Waals surface area contributed by atoms with Gasteiger partial charge in [-0.3, -0.25) is 19.3 Å². The first kappa shape index (κ1) is 24.7. The Balaban J connectivity index is 1.33. The van der Waals surface area contributed by atoms with Crippen LogP contribution in [-0.2, 0) is 9.59 Å². The van der Waals surface area contributed by atoms with Gasteiger partial charge < -0.3 is 15.1 Å². The highest BCUT2D eigenvalue weighted by molar-refractivity contribution is 5.94. The van der Waals surface area contributed by atoms with Crippen molar-refractivity contribution in [3.8, 4) is 0 Å². The number of nitrogens with zero attached hydrogens (tertiary/aromatic N) is 3. The molecule has 7 nitrogen and oxygen atoms in total. The number of benzene rings is 1. The van der Waals surface area contributed by atoms with Crippen LogP contribution in [0.2, 0.25) is 0 Å². The van der Waals surface area contributed by atoms with Gasteiger partial charge >= 0.3 is 0 Å². The van der Waals surface area contributed by atoms with Crippen LogP contribution < -0.4 is 5.32 Å². The molecule has 7 heteroatoms. The number of carbonyl (C=O) groups is 3. The summed E-state index contributed by atoms with van der Waals surface area (Å²) in [6, 6.07) is 9.93. The third-order valence-corrected chi connectivity index (χ3v) is 7.78. The summed E-state index contributed by atoms with van der Waals surface area (Å²) in [5, 5.41) is 2.96. The summed E-state index contributed by atoms with van der Waals surface area (Å²) in [7, 11) is 0. The number of nitrogens with one attached hydrogen (secondary N) is 1. The standard InChI is InChI=1S/C27H40N4O3/c32-25-14-17-30(26(33)22-8-3-1-4-9-22)16-7-10-23(13-15-28-25)27(34)31-20-18-29(19-21-31)24-11-5-2-6-12-24/h1,3-4,8-9,23-24H,2,5-7,10-21H2,(H,28,32). The van der Waals surface area contributed by atoms with E-state index in [0.29, 0.717) is 44.1 Å². The maximum atomic E-state index is 13.4. The van der Waals surface area contributed by atoms with Gasteiger partial charge in [0.15, 0.2) is 0 Å². The second-order valence-electron chi connectivity index (χ2n) is 10.0. The molecule has 34 heavy (non-hydrogen) atoms. The number of carbonyl (C=O) groups excluding carboxylic acids is 3. The van der Waals surface area contributed by atoms with Gasteiger partial charge in [-0.1, -0.05) is 37.5 Å². The zero-order chi connectivity index (χ0) is 23.8. The van der Waals surface area contributed by atoms with Crippen LogP contribution in [0.3, 0.4) is 0 Å². The van der Waals surface area contributed by atoms with Crippen LogP contribution in [0.1, 0.15) is 68.1 Å². The Morgan fingerprint density at radius 1 is 0.765 bits per heavy atom. The van der Waals surface area contributed by atoms with Crippen molar-refractivity contribution in [3.63, 3.8) is 0 Å². The van der Waals surface area contributed by atoms with Gasteiger partial charge in [0.1, 0.15) is 0 Å². The van der Waals surface area contributed by atoms with E-state index in [4.69, 9.17) is 0 Å². The van der Waals surface area contributed by atoms with Crippen LogP contribution in [0.25, 0.3) is 0 Å². The first-order valence-corrected chi connectivity index (χ1v) is 13.3. The predicted molar refractivity (Wildman–Crippen MR) is 132 cm³/mol. The topological polar surface area (TPSA) is 73.0 Å². The maximum Gasteiger partial charge on any atom is 0.253 e. The highest BCUT2D eigenvalue weighted by Crippen LogP contribution is 2.24. The fourth-order valence-corrected chi connectivity index (χ4v) is 5.72. The fraction of sp³-hybridized carbons (Fsp3) is 0.667. The lowest BCUT2D eigenvalue weighted by molar-refractivity contribution is -0.138. The van der Waals surface area contributed by atoms with Crippen LogP contribution in [-0.4, -0.2) is 84.3 Å². The Morgan fingerprint density at radius 3 is 2.24 bits per heavy atom. The number of hydrogen-bond donors (Lipinski definition) is 1. The zero-order valence-electron chi connectivity index (χ0n) is 20.4. The summed E-state index contributed by atoms with van der Waals surface area (Å²) < 4.78 is 0. The predicted octanol–water partition coefficient (Wildman–Crippen LogP) is 2.91. The number of amides is 3. The normalized spacial score (nSPS) is 24.2. The summed E-state index contributed by atoms with van der Waals surface area (Å²) in [6.07, 6.45) is 9.11. The van der Waals surface area contributed by atoms with Gasteiger partial charge in [-0.2, -0.15) is 0 Å². The van der Waals surface area contributed by atoms with Crippen LogP contribution in [0.15, 0.2) is 30.3 Å². The van der Waals surface area contributed by atoms with E-state index in [0.717, 1.165) is 39.0 Å². The smallest absolute Gasteiger partial charge is 0.253 e. The molecule has 2 aliphatic heterocycles. The minimum Gasteiger partial charge on any atom is -0.356 e. The summed E-state index contributed by atoms with van der Waals surface area (Å²) in [5.74, 6) is 0.0143. The second-order valence-corrected chi connectivity index (χ2v) is 10.0. The third kappa shape index (κ3) is 6.59. The van der Waals surface area contributed by atoms with E-state index in [1.165, 1.54) is 32.1 Å². The molecule has 1 atom stereocenters. The van der Waals surface area contributed by atoms with Crippen LogP contribution in [0.5, 0.6) is 0 Å². The zero-order valence-corrected chi connectivity index (χ0v) is 20.4. The summed E-state index contributed by atoms with van der Waals surface area (Å²) in [4.78, 5) is 45.1. The van der Waals surface area contributed by atoms with E-state index >= 15 is 0 Å². The van der Waals surface area contributed by atoms with Gasteiger partial charge in [-0.15, -0.1) is 0 Å². The van der Waals surface area contributed by atoms with Gasteiger partial charge in [0.05, 0.1) is 0 Å². The quantitative estimate of drug-likeness (QED) is 0.740. The Morgan fingerprint density at radius 2 is 1.50 bits per heavy atom. The first-order valence-electron chi connectivity index (χ1n) is 13.3. The van der Waals surface area contributed by atoms with Gasteiger partial charge in [0.25, 0.3) is 5.91 Å². The molecule has 3 amide bonds. The third-order valence-electron chi connectivity index (χ3n) is 7.78. The largest absolute Gasteiger partial charge is 0.356 e. The minimum absolute atomic E-state index is 0.0469. The number of piperazine rings is 1. The molecular formula is C27H40N4O3. The average molecular weight is 469 g/mol. The van der Waals surface area contributed by atoms with E-state index in [2.05, 4.69) is 10.2 Å². The van der Waals surface area contributed by atoms with Gasteiger partial charge in [-0.25, -0.2) is 0 Å². The lowest BCUT2D eigenvalue weighted by Gasteiger charge is -2.41. The molecule has 1 N–H and O–H groups in total. The first-order chi connectivity index (χ1) is 16.6. The fourth-order valence-electron chi connectivity index (χ4n) is 5.72. The molecule has 1 aliphatic carbocycles. The summed E-state index contributed by atoms with van der Waals surface area (Å²) in [6.45, 7) is 5.04. The average Bonchev–Trinajstić information content (AvgIpc) is 2.93.